The van der Waals surface area contributed by atoms with Gasteiger partial charge in [0.15, 0.2) is 0 Å². The largest absolute Gasteiger partial charge is 0.391 e. The van der Waals surface area contributed by atoms with Gasteiger partial charge in [0.2, 0.25) is 0 Å². The van der Waals surface area contributed by atoms with E-state index in [1.807, 2.05) is 0 Å². The van der Waals surface area contributed by atoms with Crippen molar-refractivity contribution in [2.75, 3.05) is 13.2 Å². The summed E-state index contributed by atoms with van der Waals surface area (Å²) in [4.78, 5) is 0. The van der Waals surface area contributed by atoms with Gasteiger partial charge in [-0.1, -0.05) is 20.8 Å². The van der Waals surface area contributed by atoms with Gasteiger partial charge in [-0.2, -0.15) is 0 Å². The van der Waals surface area contributed by atoms with Crippen LogP contribution in [-0.4, -0.2) is 30.0 Å². The van der Waals surface area contributed by atoms with Gasteiger partial charge in [-0.05, 0) is 81.5 Å². The fourth-order valence-corrected chi connectivity index (χ4v) is 5.32. The predicted molar refractivity (Wildman–Crippen MR) is 96.3 cm³/mol. The molecule has 0 amide bonds. The van der Waals surface area contributed by atoms with Crippen LogP contribution in [0, 0.1) is 22.7 Å². The maximum atomic E-state index is 10.0. The highest BCUT2D eigenvalue weighted by molar-refractivity contribution is 5.02. The lowest BCUT2D eigenvalue weighted by Gasteiger charge is -2.35. The average Bonchev–Trinajstić information content (AvgIpc) is 2.86. The van der Waals surface area contributed by atoms with Crippen LogP contribution in [0.4, 0.5) is 0 Å². The molecule has 0 spiro atoms. The third-order valence-electron chi connectivity index (χ3n) is 5.72. The third kappa shape index (κ3) is 6.03. The van der Waals surface area contributed by atoms with Crippen LogP contribution in [0.15, 0.2) is 0 Å². The second-order valence-corrected chi connectivity index (χ2v) is 10.4. The van der Waals surface area contributed by atoms with Crippen molar-refractivity contribution >= 4 is 0 Å². The van der Waals surface area contributed by atoms with Gasteiger partial charge in [-0.3, -0.25) is 0 Å². The Hall–Kier alpha value is -0.120. The van der Waals surface area contributed by atoms with Crippen molar-refractivity contribution < 1.29 is 9.84 Å². The quantitative estimate of drug-likeness (QED) is 0.660. The van der Waals surface area contributed by atoms with E-state index in [1.54, 1.807) is 0 Å². The van der Waals surface area contributed by atoms with Crippen LogP contribution in [0.3, 0.4) is 0 Å². The fourth-order valence-electron chi connectivity index (χ4n) is 5.32. The SMILES string of the molecule is CC(C)(C)CC(O)COCCC1CC2(CC(C)(C)N)CCC1C2. The Morgan fingerprint density at radius 2 is 1.91 bits per heavy atom. The minimum absolute atomic E-state index is 0.0443. The van der Waals surface area contributed by atoms with Crippen molar-refractivity contribution in [2.24, 2.45) is 28.4 Å². The number of hydrogen-bond acceptors (Lipinski definition) is 3. The average molecular weight is 326 g/mol. The van der Waals surface area contributed by atoms with Gasteiger partial charge in [0.05, 0.1) is 12.7 Å². The zero-order chi connectivity index (χ0) is 17.3. The summed E-state index contributed by atoms with van der Waals surface area (Å²) in [7, 11) is 0. The monoisotopic (exact) mass is 325 g/mol. The number of aliphatic hydroxyl groups is 1. The van der Waals surface area contributed by atoms with Gasteiger partial charge in [-0.15, -0.1) is 0 Å². The van der Waals surface area contributed by atoms with Crippen molar-refractivity contribution in [1.82, 2.24) is 0 Å². The topological polar surface area (TPSA) is 55.5 Å². The molecule has 136 valence electrons. The van der Waals surface area contributed by atoms with E-state index in [9.17, 15) is 5.11 Å². The number of fused-ring (bicyclic) bond motifs is 2. The second kappa shape index (κ2) is 7.01. The van der Waals surface area contributed by atoms with Crippen molar-refractivity contribution in [2.45, 2.75) is 91.2 Å². The van der Waals surface area contributed by atoms with E-state index in [1.165, 1.54) is 25.7 Å². The van der Waals surface area contributed by atoms with Crippen LogP contribution < -0.4 is 5.73 Å². The summed E-state index contributed by atoms with van der Waals surface area (Å²) in [5.74, 6) is 1.70. The Labute approximate surface area is 143 Å². The van der Waals surface area contributed by atoms with Crippen molar-refractivity contribution in [3.05, 3.63) is 0 Å². The third-order valence-corrected chi connectivity index (χ3v) is 5.72. The summed E-state index contributed by atoms with van der Waals surface area (Å²) >= 11 is 0. The van der Waals surface area contributed by atoms with Gasteiger partial charge in [-0.25, -0.2) is 0 Å². The number of ether oxygens (including phenoxy) is 1. The molecule has 4 unspecified atom stereocenters. The molecule has 2 bridgehead atoms. The number of nitrogens with two attached hydrogens (primary N) is 1. The molecule has 0 aromatic carbocycles. The molecule has 0 saturated heterocycles. The smallest absolute Gasteiger partial charge is 0.0778 e. The zero-order valence-corrected chi connectivity index (χ0v) is 16.0. The first kappa shape index (κ1) is 19.2. The highest BCUT2D eigenvalue weighted by Gasteiger charge is 2.51. The van der Waals surface area contributed by atoms with Crippen LogP contribution >= 0.6 is 0 Å². The van der Waals surface area contributed by atoms with Gasteiger partial charge in [0, 0.05) is 12.1 Å². The molecule has 0 aromatic heterocycles. The molecule has 23 heavy (non-hydrogen) atoms. The molecule has 3 heteroatoms. The minimum Gasteiger partial charge on any atom is -0.391 e. The summed E-state index contributed by atoms with van der Waals surface area (Å²) in [6.45, 7) is 12.1. The van der Waals surface area contributed by atoms with E-state index in [0.717, 1.165) is 37.7 Å². The molecule has 3 N–H and O–H groups in total. The first-order chi connectivity index (χ1) is 10.5. The van der Waals surface area contributed by atoms with Gasteiger partial charge >= 0.3 is 0 Å². The summed E-state index contributed by atoms with van der Waals surface area (Å²) in [5, 5.41) is 10.0. The normalized spacial score (nSPS) is 32.5. The number of aliphatic hydroxyl groups excluding tert-OH is 1. The first-order valence-electron chi connectivity index (χ1n) is 9.53. The molecule has 0 aliphatic heterocycles. The van der Waals surface area contributed by atoms with E-state index in [4.69, 9.17) is 10.5 Å². The van der Waals surface area contributed by atoms with E-state index < -0.39 is 0 Å². The van der Waals surface area contributed by atoms with Crippen LogP contribution in [-0.2, 0) is 4.74 Å². The Kier molecular flexibility index (Phi) is 5.86. The molecule has 0 heterocycles. The fraction of sp³-hybridized carbons (Fsp3) is 1.00. The predicted octanol–water partition coefficient (Wildman–Crippen LogP) is 4.12. The molecule has 2 aliphatic carbocycles. The van der Waals surface area contributed by atoms with Crippen molar-refractivity contribution in [1.29, 1.82) is 0 Å². The van der Waals surface area contributed by atoms with Crippen molar-refractivity contribution in [3.8, 4) is 0 Å². The lowest BCUT2D eigenvalue weighted by atomic mass is 9.72. The molecule has 0 aromatic rings. The maximum absolute atomic E-state index is 10.0. The second-order valence-electron chi connectivity index (χ2n) is 10.4. The first-order valence-corrected chi connectivity index (χ1v) is 9.53. The molecule has 2 aliphatic rings. The van der Waals surface area contributed by atoms with E-state index in [2.05, 4.69) is 34.6 Å². The summed E-state index contributed by atoms with van der Waals surface area (Å²) in [5.41, 5.74) is 6.92. The molecule has 4 atom stereocenters. The highest BCUT2D eigenvalue weighted by atomic mass is 16.5. The lowest BCUT2D eigenvalue weighted by molar-refractivity contribution is 0.00931. The highest BCUT2D eigenvalue weighted by Crippen LogP contribution is 2.60. The maximum Gasteiger partial charge on any atom is 0.0778 e. The van der Waals surface area contributed by atoms with Crippen LogP contribution in [0.2, 0.25) is 0 Å². The number of hydrogen-bond donors (Lipinski definition) is 2. The van der Waals surface area contributed by atoms with E-state index >= 15 is 0 Å². The standard InChI is InChI=1S/C20H39NO2/c1-18(2,3)12-17(22)13-23-9-7-16-11-20(14-19(4,5)21)8-6-15(16)10-20/h15-17,22H,6-14,21H2,1-5H3. The lowest BCUT2D eigenvalue weighted by Crippen LogP contribution is -2.38. The molecular weight excluding hydrogens is 286 g/mol. The Bertz CT molecular complexity index is 382. The Morgan fingerprint density at radius 3 is 2.52 bits per heavy atom. The molecule has 2 rings (SSSR count). The molecular formula is C20H39NO2. The van der Waals surface area contributed by atoms with Crippen LogP contribution in [0.25, 0.3) is 0 Å². The molecule has 3 nitrogen and oxygen atoms in total. The Balaban J connectivity index is 1.68. The van der Waals surface area contributed by atoms with Gasteiger partial charge in [0.1, 0.15) is 0 Å². The summed E-state index contributed by atoms with van der Waals surface area (Å²) < 4.78 is 5.77. The summed E-state index contributed by atoms with van der Waals surface area (Å²) in [6.07, 6.45) is 8.26. The zero-order valence-electron chi connectivity index (χ0n) is 16.0. The Morgan fingerprint density at radius 1 is 1.22 bits per heavy atom. The van der Waals surface area contributed by atoms with Crippen LogP contribution in [0.5, 0.6) is 0 Å². The van der Waals surface area contributed by atoms with Crippen LogP contribution in [0.1, 0.15) is 79.6 Å². The van der Waals surface area contributed by atoms with Gasteiger partial charge in [0.25, 0.3) is 0 Å². The van der Waals surface area contributed by atoms with Crippen molar-refractivity contribution in [3.63, 3.8) is 0 Å². The molecule has 2 fully saturated rings. The van der Waals surface area contributed by atoms with E-state index in [-0.39, 0.29) is 17.1 Å². The summed E-state index contributed by atoms with van der Waals surface area (Å²) in [6, 6.07) is 0. The van der Waals surface area contributed by atoms with E-state index in [0.29, 0.717) is 12.0 Å². The molecule has 0 radical (unpaired) electrons. The van der Waals surface area contributed by atoms with Gasteiger partial charge < -0.3 is 15.6 Å². The molecule has 2 saturated carbocycles. The minimum atomic E-state index is -0.334. The number of rotatable bonds is 8.